The fraction of sp³-hybridized carbons (Fsp3) is 0.296. The Labute approximate surface area is 212 Å². The lowest BCUT2D eigenvalue weighted by Crippen LogP contribution is -2.50. The molecule has 2 N–H and O–H groups in total. The average Bonchev–Trinajstić information content (AvgIpc) is 3.54. The molecular formula is C27H25F2N7O. The first-order chi connectivity index (χ1) is 18.0. The van der Waals surface area contributed by atoms with E-state index in [1.807, 2.05) is 30.3 Å². The summed E-state index contributed by atoms with van der Waals surface area (Å²) in [4.78, 5) is 15.9. The number of anilines is 3. The summed E-state index contributed by atoms with van der Waals surface area (Å²) in [5, 5.41) is 13.0. The van der Waals surface area contributed by atoms with Crippen LogP contribution in [0, 0.1) is 29.9 Å². The number of nitrogens with one attached hydrogen (secondary N) is 2. The zero-order valence-corrected chi connectivity index (χ0v) is 20.3. The second-order valence-corrected chi connectivity index (χ2v) is 9.48. The van der Waals surface area contributed by atoms with Gasteiger partial charge in [0.1, 0.15) is 12.4 Å². The normalized spacial score (nSPS) is 17.6. The zero-order chi connectivity index (χ0) is 25.5. The molecule has 1 unspecified atom stereocenters. The lowest BCUT2D eigenvalue weighted by Gasteiger charge is -2.38. The number of halogens is 2. The number of H-pyrrole nitrogens is 1. The minimum atomic E-state index is -0.744. The van der Waals surface area contributed by atoms with Gasteiger partial charge >= 0.3 is 0 Å². The minimum absolute atomic E-state index is 0.0194. The van der Waals surface area contributed by atoms with Crippen LogP contribution in [0.1, 0.15) is 24.1 Å². The van der Waals surface area contributed by atoms with E-state index in [1.54, 1.807) is 6.92 Å². The van der Waals surface area contributed by atoms with E-state index in [-0.39, 0.29) is 33.9 Å². The molecule has 8 nitrogen and oxygen atoms in total. The Morgan fingerprint density at radius 1 is 1.14 bits per heavy atom. The Bertz CT molecular complexity index is 1510. The number of aryl methyl sites for hydroxylation is 1. The van der Waals surface area contributed by atoms with Gasteiger partial charge in [-0.1, -0.05) is 0 Å². The second kappa shape index (κ2) is 9.33. The molecule has 0 spiro atoms. The standard InChI is InChI=1S/C27H25F2N7O/c1-16-11-20-24(29)23(12-22(28)25(20)33-16)37-27-21(13-30)26(31-15-32-27)34-17-4-6-18(7-5-17)36-10-9-35-8-2-3-19(35)14-36/h4-7,11-12,15,19,33H,2-3,8-10,14H2,1H3,(H,31,32,34). The average molecular weight is 502 g/mol. The van der Waals surface area contributed by atoms with Crippen molar-refractivity contribution in [2.24, 2.45) is 0 Å². The van der Waals surface area contributed by atoms with Crippen LogP contribution < -0.4 is 15.0 Å². The molecule has 10 heteroatoms. The summed E-state index contributed by atoms with van der Waals surface area (Å²) < 4.78 is 35.2. The largest absolute Gasteiger partial charge is 0.434 e. The number of rotatable bonds is 5. The molecule has 6 rings (SSSR count). The molecule has 0 bridgehead atoms. The van der Waals surface area contributed by atoms with Crippen LogP contribution in [0.15, 0.2) is 42.7 Å². The maximum absolute atomic E-state index is 15.0. The number of nitriles is 1. The number of hydrogen-bond acceptors (Lipinski definition) is 7. The van der Waals surface area contributed by atoms with Gasteiger partial charge < -0.3 is 19.9 Å². The van der Waals surface area contributed by atoms with Gasteiger partial charge in [-0.15, -0.1) is 0 Å². The molecule has 1 atom stereocenters. The lowest BCUT2D eigenvalue weighted by atomic mass is 10.1. The minimum Gasteiger partial charge on any atom is -0.434 e. The highest BCUT2D eigenvalue weighted by atomic mass is 19.1. The van der Waals surface area contributed by atoms with E-state index in [9.17, 15) is 9.65 Å². The van der Waals surface area contributed by atoms with Gasteiger partial charge in [-0.3, -0.25) is 4.90 Å². The maximum atomic E-state index is 15.0. The van der Waals surface area contributed by atoms with E-state index >= 15 is 4.39 Å². The van der Waals surface area contributed by atoms with Gasteiger partial charge in [0.15, 0.2) is 28.8 Å². The van der Waals surface area contributed by atoms with Gasteiger partial charge in [0.2, 0.25) is 5.88 Å². The van der Waals surface area contributed by atoms with Crippen molar-refractivity contribution in [3.8, 4) is 17.7 Å². The number of ether oxygens (including phenoxy) is 1. The van der Waals surface area contributed by atoms with Gasteiger partial charge in [-0.05, 0) is 56.6 Å². The van der Waals surface area contributed by atoms with E-state index in [4.69, 9.17) is 4.74 Å². The molecule has 2 aliphatic heterocycles. The van der Waals surface area contributed by atoms with Crippen LogP contribution in [0.3, 0.4) is 0 Å². The number of fused-ring (bicyclic) bond motifs is 2. The number of nitrogens with zero attached hydrogens (tertiary/aromatic N) is 5. The van der Waals surface area contributed by atoms with Crippen LogP contribution >= 0.6 is 0 Å². The molecule has 2 aromatic heterocycles. The number of aromatic nitrogens is 3. The van der Waals surface area contributed by atoms with Crippen LogP contribution in [0.2, 0.25) is 0 Å². The molecule has 4 heterocycles. The summed E-state index contributed by atoms with van der Waals surface area (Å²) in [5.41, 5.74) is 2.53. The first kappa shape index (κ1) is 23.2. The molecule has 188 valence electrons. The van der Waals surface area contributed by atoms with E-state index < -0.39 is 11.6 Å². The first-order valence-corrected chi connectivity index (χ1v) is 12.3. The predicted octanol–water partition coefficient (Wildman–Crippen LogP) is 5.24. The Kier molecular flexibility index (Phi) is 5.85. The van der Waals surface area contributed by atoms with Crippen LogP contribution in [0.25, 0.3) is 10.9 Å². The van der Waals surface area contributed by atoms with Crippen LogP contribution in [-0.2, 0) is 0 Å². The quantitative estimate of drug-likeness (QED) is 0.387. The molecule has 4 aromatic rings. The highest BCUT2D eigenvalue weighted by molar-refractivity contribution is 5.83. The van der Waals surface area contributed by atoms with Crippen LogP contribution in [-0.4, -0.2) is 52.1 Å². The summed E-state index contributed by atoms with van der Waals surface area (Å²) >= 11 is 0. The molecule has 2 aromatic carbocycles. The summed E-state index contributed by atoms with van der Waals surface area (Å²) in [6.45, 7) is 6.02. The van der Waals surface area contributed by atoms with Crippen molar-refractivity contribution < 1.29 is 13.5 Å². The lowest BCUT2D eigenvalue weighted by molar-refractivity contribution is 0.231. The highest BCUT2D eigenvalue weighted by Gasteiger charge is 2.30. The first-order valence-electron chi connectivity index (χ1n) is 12.3. The number of piperazine rings is 1. The van der Waals surface area contributed by atoms with E-state index in [1.165, 1.54) is 31.8 Å². The molecule has 0 aliphatic carbocycles. The van der Waals surface area contributed by atoms with Crippen molar-refractivity contribution in [1.29, 1.82) is 5.26 Å². The number of benzene rings is 2. The fourth-order valence-electron chi connectivity index (χ4n) is 5.27. The van der Waals surface area contributed by atoms with E-state index in [0.717, 1.165) is 37.1 Å². The van der Waals surface area contributed by atoms with Crippen molar-refractivity contribution >= 4 is 28.1 Å². The van der Waals surface area contributed by atoms with E-state index in [2.05, 4.69) is 30.1 Å². The number of aromatic amines is 1. The molecule has 2 saturated heterocycles. The SMILES string of the molecule is Cc1cc2c(F)c(Oc3ncnc(Nc4ccc(N5CCN6CCCC6C5)cc4)c3C#N)cc(F)c2[nH]1. The van der Waals surface area contributed by atoms with Gasteiger partial charge in [-0.25, -0.2) is 18.7 Å². The van der Waals surface area contributed by atoms with Crippen molar-refractivity contribution in [3.05, 3.63) is 65.6 Å². The monoisotopic (exact) mass is 501 g/mol. The smallest absolute Gasteiger partial charge is 0.242 e. The van der Waals surface area contributed by atoms with Gasteiger partial charge in [0.05, 0.1) is 5.52 Å². The molecule has 0 amide bonds. The topological polar surface area (TPSA) is 93.1 Å². The molecule has 37 heavy (non-hydrogen) atoms. The summed E-state index contributed by atoms with van der Waals surface area (Å²) in [6, 6.07) is 13.0. The third kappa shape index (κ3) is 4.32. The Morgan fingerprint density at radius 3 is 2.78 bits per heavy atom. The number of hydrogen-bond donors (Lipinski definition) is 2. The molecule has 2 fully saturated rings. The summed E-state index contributed by atoms with van der Waals surface area (Å²) in [6.07, 6.45) is 3.73. The van der Waals surface area contributed by atoms with E-state index in [0.29, 0.717) is 11.7 Å². The third-order valence-corrected chi connectivity index (χ3v) is 7.12. The second-order valence-electron chi connectivity index (χ2n) is 9.48. The molecular weight excluding hydrogens is 476 g/mol. The molecule has 2 aliphatic rings. The Balaban J connectivity index is 1.22. The predicted molar refractivity (Wildman–Crippen MR) is 136 cm³/mol. The molecule has 0 saturated carbocycles. The summed E-state index contributed by atoms with van der Waals surface area (Å²) in [7, 11) is 0. The van der Waals surface area contributed by atoms with Crippen molar-refractivity contribution in [2.75, 3.05) is 36.4 Å². The zero-order valence-electron chi connectivity index (χ0n) is 20.3. The van der Waals surface area contributed by atoms with Crippen molar-refractivity contribution in [3.63, 3.8) is 0 Å². The summed E-state index contributed by atoms with van der Waals surface area (Å²) in [5.74, 6) is -1.74. The molecule has 0 radical (unpaired) electrons. The van der Waals surface area contributed by atoms with Crippen LogP contribution in [0.5, 0.6) is 11.6 Å². The third-order valence-electron chi connectivity index (χ3n) is 7.12. The Hall–Kier alpha value is -4.23. The maximum Gasteiger partial charge on any atom is 0.242 e. The fourth-order valence-corrected chi connectivity index (χ4v) is 5.27. The Morgan fingerprint density at radius 2 is 1.97 bits per heavy atom. The van der Waals surface area contributed by atoms with Gasteiger partial charge in [0, 0.05) is 54.2 Å². The van der Waals surface area contributed by atoms with Gasteiger partial charge in [0.25, 0.3) is 0 Å². The van der Waals surface area contributed by atoms with Gasteiger partial charge in [-0.2, -0.15) is 5.26 Å². The van der Waals surface area contributed by atoms with Crippen LogP contribution in [0.4, 0.5) is 26.0 Å². The highest BCUT2D eigenvalue weighted by Crippen LogP contribution is 2.34. The van der Waals surface area contributed by atoms with Crippen molar-refractivity contribution in [1.82, 2.24) is 19.9 Å². The van der Waals surface area contributed by atoms with Crippen molar-refractivity contribution in [2.45, 2.75) is 25.8 Å².